The fourth-order valence-electron chi connectivity index (χ4n) is 0.883. The van der Waals surface area contributed by atoms with Crippen molar-refractivity contribution in [3.8, 4) is 0 Å². The highest BCUT2D eigenvalue weighted by molar-refractivity contribution is 9.10. The van der Waals surface area contributed by atoms with Crippen LogP contribution in [0.4, 0.5) is 0 Å². The zero-order chi connectivity index (χ0) is 8.69. The normalized spacial score (nSPS) is 15.0. The second kappa shape index (κ2) is 7.31. The lowest BCUT2D eigenvalue weighted by molar-refractivity contribution is 0.202. The second-order valence-corrected chi connectivity index (χ2v) is 6.92. The van der Waals surface area contributed by atoms with Crippen molar-refractivity contribution in [2.45, 2.75) is 50.6 Å². The van der Waals surface area contributed by atoms with E-state index in [-0.39, 0.29) is 9.76 Å². The molecule has 0 aromatic heterocycles. The highest BCUT2D eigenvalue weighted by Crippen LogP contribution is 2.07. The molecule has 0 saturated heterocycles. The van der Waals surface area contributed by atoms with Gasteiger partial charge in [0.15, 0.2) is 9.76 Å². The van der Waals surface area contributed by atoms with Gasteiger partial charge in [0, 0.05) is 10.6 Å². The first kappa shape index (κ1) is 11.7. The molecule has 11 heavy (non-hydrogen) atoms. The SMILES string of the molecule is CCC(CC)O[SiH2]C(Br)CC. The summed E-state index contributed by atoms with van der Waals surface area (Å²) < 4.78 is 6.45. The topological polar surface area (TPSA) is 9.23 Å². The van der Waals surface area contributed by atoms with E-state index in [1.165, 1.54) is 6.42 Å². The molecule has 1 unspecified atom stereocenters. The Kier molecular flexibility index (Phi) is 7.75. The second-order valence-electron chi connectivity index (χ2n) is 2.78. The Morgan fingerprint density at radius 3 is 2.09 bits per heavy atom. The lowest BCUT2D eigenvalue weighted by atomic mass is 10.2. The molecule has 0 amide bonds. The van der Waals surface area contributed by atoms with Gasteiger partial charge in [-0.05, 0) is 19.3 Å². The summed E-state index contributed by atoms with van der Waals surface area (Å²) in [6, 6.07) is 0. The van der Waals surface area contributed by atoms with E-state index < -0.39 is 0 Å². The largest absolute Gasteiger partial charge is 0.420 e. The lowest BCUT2D eigenvalue weighted by Crippen LogP contribution is -2.19. The molecule has 0 saturated carbocycles. The fraction of sp³-hybridized carbons (Fsp3) is 1.00. The van der Waals surface area contributed by atoms with E-state index in [0.29, 0.717) is 10.6 Å². The Labute approximate surface area is 81.0 Å². The van der Waals surface area contributed by atoms with Crippen molar-refractivity contribution >= 4 is 25.7 Å². The van der Waals surface area contributed by atoms with Crippen molar-refractivity contribution in [2.75, 3.05) is 0 Å². The molecule has 3 heteroatoms. The Balaban J connectivity index is 3.34. The summed E-state index contributed by atoms with van der Waals surface area (Å²) in [5.74, 6) is 0. The Bertz CT molecular complexity index is 86.2. The van der Waals surface area contributed by atoms with E-state index in [2.05, 4.69) is 36.7 Å². The first-order valence-electron chi connectivity index (χ1n) is 4.50. The van der Waals surface area contributed by atoms with Gasteiger partial charge in [0.2, 0.25) is 0 Å². The smallest absolute Gasteiger partial charge is 0.175 e. The van der Waals surface area contributed by atoms with Crippen LogP contribution in [0.1, 0.15) is 40.0 Å². The first-order valence-corrected chi connectivity index (χ1v) is 6.81. The molecule has 0 fully saturated rings. The van der Waals surface area contributed by atoms with E-state index in [1.807, 2.05) is 0 Å². The summed E-state index contributed by atoms with van der Waals surface area (Å²) in [6.07, 6.45) is 4.04. The molecule has 0 spiro atoms. The minimum atomic E-state index is -0.317. The summed E-state index contributed by atoms with van der Waals surface area (Å²) in [6.45, 7) is 6.58. The maximum Gasteiger partial charge on any atom is 0.175 e. The maximum absolute atomic E-state index is 5.79. The highest BCUT2D eigenvalue weighted by Gasteiger charge is 2.07. The van der Waals surface area contributed by atoms with Gasteiger partial charge in [0.1, 0.15) is 0 Å². The number of hydrogen-bond acceptors (Lipinski definition) is 1. The average Bonchev–Trinajstić information content (AvgIpc) is 2.06. The van der Waals surface area contributed by atoms with E-state index in [1.54, 1.807) is 0 Å². The van der Waals surface area contributed by atoms with E-state index >= 15 is 0 Å². The standard InChI is InChI=1S/C8H19BrOSi/c1-4-7(5-2)10-11-8(9)6-3/h7-8H,4-6,11H2,1-3H3. The van der Waals surface area contributed by atoms with Gasteiger partial charge in [-0.15, -0.1) is 0 Å². The van der Waals surface area contributed by atoms with Crippen LogP contribution < -0.4 is 0 Å². The zero-order valence-corrected chi connectivity index (χ0v) is 10.8. The molecule has 0 aliphatic carbocycles. The van der Waals surface area contributed by atoms with Gasteiger partial charge in [-0.25, -0.2) is 0 Å². The van der Waals surface area contributed by atoms with E-state index in [9.17, 15) is 0 Å². The molecule has 1 nitrogen and oxygen atoms in total. The molecular formula is C8H19BrOSi. The van der Waals surface area contributed by atoms with Gasteiger partial charge in [-0.1, -0.05) is 36.7 Å². The predicted molar refractivity (Wildman–Crippen MR) is 57.0 cm³/mol. The van der Waals surface area contributed by atoms with Gasteiger partial charge in [-0.3, -0.25) is 0 Å². The summed E-state index contributed by atoms with van der Waals surface area (Å²) in [5, 5.41) is 0. The number of halogens is 1. The Morgan fingerprint density at radius 1 is 1.18 bits per heavy atom. The summed E-state index contributed by atoms with van der Waals surface area (Å²) in [4.78, 5) is 0. The first-order chi connectivity index (χ1) is 5.24. The van der Waals surface area contributed by atoms with Crippen molar-refractivity contribution in [2.24, 2.45) is 0 Å². The molecule has 0 radical (unpaired) electrons. The molecule has 0 aromatic carbocycles. The summed E-state index contributed by atoms with van der Waals surface area (Å²) in [5.41, 5.74) is 0. The Morgan fingerprint density at radius 2 is 1.73 bits per heavy atom. The minimum Gasteiger partial charge on any atom is -0.420 e. The third kappa shape index (κ3) is 5.88. The fourth-order valence-corrected chi connectivity index (χ4v) is 2.53. The van der Waals surface area contributed by atoms with E-state index in [4.69, 9.17) is 4.43 Å². The maximum atomic E-state index is 5.79. The van der Waals surface area contributed by atoms with Gasteiger partial charge in [-0.2, -0.15) is 0 Å². The van der Waals surface area contributed by atoms with Crippen LogP contribution in [0.25, 0.3) is 0 Å². The van der Waals surface area contributed by atoms with Gasteiger partial charge in [0.05, 0.1) is 0 Å². The van der Waals surface area contributed by atoms with Crippen LogP contribution in [0.15, 0.2) is 0 Å². The highest BCUT2D eigenvalue weighted by atomic mass is 79.9. The summed E-state index contributed by atoms with van der Waals surface area (Å²) in [7, 11) is -0.317. The molecule has 0 aromatic rings. The number of rotatable bonds is 6. The molecule has 0 rings (SSSR count). The third-order valence-electron chi connectivity index (χ3n) is 1.87. The van der Waals surface area contributed by atoms with Crippen LogP contribution in [0.3, 0.4) is 0 Å². The van der Waals surface area contributed by atoms with Crippen LogP contribution >= 0.6 is 15.9 Å². The van der Waals surface area contributed by atoms with Crippen molar-refractivity contribution in [3.05, 3.63) is 0 Å². The molecule has 0 bridgehead atoms. The monoisotopic (exact) mass is 238 g/mol. The van der Waals surface area contributed by atoms with Gasteiger partial charge < -0.3 is 4.43 Å². The summed E-state index contributed by atoms with van der Waals surface area (Å²) >= 11 is 3.60. The van der Waals surface area contributed by atoms with Crippen LogP contribution in [-0.4, -0.2) is 20.3 Å². The Hall–Kier alpha value is 0.657. The quantitative estimate of drug-likeness (QED) is 0.511. The zero-order valence-electron chi connectivity index (χ0n) is 7.77. The molecule has 68 valence electrons. The van der Waals surface area contributed by atoms with Crippen molar-refractivity contribution in [1.29, 1.82) is 0 Å². The van der Waals surface area contributed by atoms with Crippen molar-refractivity contribution < 1.29 is 4.43 Å². The number of hydrogen-bond donors (Lipinski definition) is 0. The average molecular weight is 239 g/mol. The van der Waals surface area contributed by atoms with Crippen LogP contribution in [-0.2, 0) is 4.43 Å². The molecule has 1 atom stereocenters. The lowest BCUT2D eigenvalue weighted by Gasteiger charge is -2.15. The van der Waals surface area contributed by atoms with Crippen molar-refractivity contribution in [3.63, 3.8) is 0 Å². The number of alkyl halides is 1. The van der Waals surface area contributed by atoms with Crippen LogP contribution in [0.2, 0.25) is 0 Å². The van der Waals surface area contributed by atoms with Crippen molar-refractivity contribution in [1.82, 2.24) is 0 Å². The molecule has 0 aliphatic rings. The molecule has 0 heterocycles. The third-order valence-corrected chi connectivity index (χ3v) is 4.91. The van der Waals surface area contributed by atoms with Crippen LogP contribution in [0.5, 0.6) is 0 Å². The van der Waals surface area contributed by atoms with Gasteiger partial charge in [0.25, 0.3) is 0 Å². The minimum absolute atomic E-state index is 0.317. The predicted octanol–water partition coefficient (Wildman–Crippen LogP) is 2.41. The molecule has 0 N–H and O–H groups in total. The van der Waals surface area contributed by atoms with Crippen LogP contribution in [0, 0.1) is 0 Å². The van der Waals surface area contributed by atoms with Gasteiger partial charge >= 0.3 is 0 Å². The van der Waals surface area contributed by atoms with E-state index in [0.717, 1.165) is 12.8 Å². The molecule has 0 aliphatic heterocycles. The molecular weight excluding hydrogens is 220 g/mol.